The average molecular weight is 176 g/mol. The van der Waals surface area contributed by atoms with E-state index in [0.717, 1.165) is 17.9 Å². The molecule has 0 amide bonds. The van der Waals surface area contributed by atoms with Crippen LogP contribution in [0.4, 0.5) is 0 Å². The van der Waals surface area contributed by atoms with E-state index in [9.17, 15) is 5.11 Å². The molecular weight excluding hydrogens is 164 g/mol. The van der Waals surface area contributed by atoms with E-state index in [1.807, 2.05) is 36.4 Å². The number of benzene rings is 2. The summed E-state index contributed by atoms with van der Waals surface area (Å²) in [6.45, 7) is 0. The van der Waals surface area contributed by atoms with Crippen molar-refractivity contribution in [2.24, 2.45) is 0 Å². The Balaban J connectivity index is 0.000000396. The standard InChI is InChI=1S/C10H8O.CH4O/c11-10-7-3-5-8-4-1-2-6-9(8)10;1-2/h1-7,11H;2H,1H3. The zero-order valence-electron chi connectivity index (χ0n) is 7.44. The van der Waals surface area contributed by atoms with Crippen LogP contribution in [0.1, 0.15) is 0 Å². The second-order valence-electron chi connectivity index (χ2n) is 2.50. The van der Waals surface area contributed by atoms with Gasteiger partial charge < -0.3 is 10.2 Å². The van der Waals surface area contributed by atoms with Crippen molar-refractivity contribution in [3.63, 3.8) is 0 Å². The van der Waals surface area contributed by atoms with E-state index in [1.54, 1.807) is 6.07 Å². The summed E-state index contributed by atoms with van der Waals surface area (Å²) in [4.78, 5) is 0. The predicted molar refractivity (Wildman–Crippen MR) is 53.8 cm³/mol. The Morgan fingerprint density at radius 2 is 1.46 bits per heavy atom. The van der Waals surface area contributed by atoms with Gasteiger partial charge in [-0.3, -0.25) is 0 Å². The van der Waals surface area contributed by atoms with Gasteiger partial charge in [-0.15, -0.1) is 0 Å². The SMILES string of the molecule is CO.Oc1cccc2ccccc12. The van der Waals surface area contributed by atoms with Crippen molar-refractivity contribution in [1.29, 1.82) is 0 Å². The van der Waals surface area contributed by atoms with Gasteiger partial charge in [-0.05, 0) is 11.5 Å². The summed E-state index contributed by atoms with van der Waals surface area (Å²) in [6.07, 6.45) is 0. The van der Waals surface area contributed by atoms with Gasteiger partial charge in [-0.25, -0.2) is 0 Å². The van der Waals surface area contributed by atoms with E-state index >= 15 is 0 Å². The maximum absolute atomic E-state index is 9.37. The van der Waals surface area contributed by atoms with E-state index in [4.69, 9.17) is 5.11 Å². The third-order valence-corrected chi connectivity index (χ3v) is 1.77. The van der Waals surface area contributed by atoms with E-state index in [-0.39, 0.29) is 0 Å². The van der Waals surface area contributed by atoms with Gasteiger partial charge in [-0.2, -0.15) is 0 Å². The number of phenolic OH excluding ortho intramolecular Hbond substituents is 1. The Morgan fingerprint density at radius 3 is 2.15 bits per heavy atom. The van der Waals surface area contributed by atoms with Crippen LogP contribution in [0.3, 0.4) is 0 Å². The Morgan fingerprint density at radius 1 is 0.846 bits per heavy atom. The second kappa shape index (κ2) is 4.48. The second-order valence-corrected chi connectivity index (χ2v) is 2.50. The lowest BCUT2D eigenvalue weighted by Gasteiger charge is -1.97. The molecule has 2 nitrogen and oxygen atoms in total. The lowest BCUT2D eigenvalue weighted by atomic mass is 10.1. The summed E-state index contributed by atoms with van der Waals surface area (Å²) < 4.78 is 0. The molecule has 2 heteroatoms. The van der Waals surface area contributed by atoms with Crippen LogP contribution in [0.25, 0.3) is 10.8 Å². The molecule has 0 aliphatic carbocycles. The Hall–Kier alpha value is -1.54. The molecule has 13 heavy (non-hydrogen) atoms. The molecule has 0 radical (unpaired) electrons. The first-order valence-corrected chi connectivity index (χ1v) is 3.99. The van der Waals surface area contributed by atoms with Crippen LogP contribution in [0.15, 0.2) is 42.5 Å². The highest BCUT2D eigenvalue weighted by Crippen LogP contribution is 2.22. The fourth-order valence-corrected chi connectivity index (χ4v) is 1.21. The number of hydrogen-bond acceptors (Lipinski definition) is 2. The van der Waals surface area contributed by atoms with Gasteiger partial charge in [0.2, 0.25) is 0 Å². The molecule has 0 aromatic heterocycles. The van der Waals surface area contributed by atoms with Crippen LogP contribution in [-0.2, 0) is 0 Å². The molecule has 0 unspecified atom stereocenters. The van der Waals surface area contributed by atoms with Crippen molar-refractivity contribution in [2.45, 2.75) is 0 Å². The molecule has 2 N–H and O–H groups in total. The average Bonchev–Trinajstić information content (AvgIpc) is 2.22. The number of rotatable bonds is 0. The number of aliphatic hydroxyl groups is 1. The van der Waals surface area contributed by atoms with Crippen molar-refractivity contribution >= 4 is 10.8 Å². The van der Waals surface area contributed by atoms with Gasteiger partial charge in [0.05, 0.1) is 0 Å². The Bertz CT molecular complexity index is 377. The van der Waals surface area contributed by atoms with E-state index in [0.29, 0.717) is 5.75 Å². The molecule has 0 bridgehead atoms. The molecule has 2 rings (SSSR count). The lowest BCUT2D eigenvalue weighted by molar-refractivity contribution is 0.399. The maximum Gasteiger partial charge on any atom is 0.123 e. The smallest absolute Gasteiger partial charge is 0.123 e. The Labute approximate surface area is 77.1 Å². The first kappa shape index (κ1) is 9.55. The molecule has 0 saturated heterocycles. The molecule has 0 spiro atoms. The molecule has 2 aromatic carbocycles. The number of aromatic hydroxyl groups is 1. The van der Waals surface area contributed by atoms with Gasteiger partial charge in [0, 0.05) is 12.5 Å². The van der Waals surface area contributed by atoms with Crippen LogP contribution in [0.2, 0.25) is 0 Å². The Kier molecular flexibility index (Phi) is 3.29. The monoisotopic (exact) mass is 176 g/mol. The van der Waals surface area contributed by atoms with Crippen LogP contribution in [-0.4, -0.2) is 17.3 Å². The molecule has 0 aliphatic heterocycles. The summed E-state index contributed by atoms with van der Waals surface area (Å²) >= 11 is 0. The highest BCUT2D eigenvalue weighted by Gasteiger charge is 1.94. The molecule has 0 atom stereocenters. The molecule has 68 valence electrons. The molecular formula is C11H12O2. The van der Waals surface area contributed by atoms with Gasteiger partial charge in [0.1, 0.15) is 5.75 Å². The molecule has 2 aromatic rings. The summed E-state index contributed by atoms with van der Waals surface area (Å²) in [7, 11) is 1.00. The maximum atomic E-state index is 9.37. The molecule has 0 fully saturated rings. The number of fused-ring (bicyclic) bond motifs is 1. The minimum Gasteiger partial charge on any atom is -0.507 e. The van der Waals surface area contributed by atoms with Crippen molar-refractivity contribution in [3.05, 3.63) is 42.5 Å². The highest BCUT2D eigenvalue weighted by atomic mass is 16.3. The van der Waals surface area contributed by atoms with Crippen molar-refractivity contribution < 1.29 is 10.2 Å². The quantitative estimate of drug-likeness (QED) is 0.645. The van der Waals surface area contributed by atoms with Gasteiger partial charge in [0.15, 0.2) is 0 Å². The zero-order chi connectivity index (χ0) is 9.68. The molecule has 0 saturated carbocycles. The fourth-order valence-electron chi connectivity index (χ4n) is 1.21. The first-order valence-electron chi connectivity index (χ1n) is 3.99. The lowest BCUT2D eigenvalue weighted by Crippen LogP contribution is -1.70. The summed E-state index contributed by atoms with van der Waals surface area (Å²) in [5, 5.41) is 18.4. The zero-order valence-corrected chi connectivity index (χ0v) is 7.44. The van der Waals surface area contributed by atoms with Gasteiger partial charge in [0.25, 0.3) is 0 Å². The summed E-state index contributed by atoms with van der Waals surface area (Å²) in [6, 6.07) is 13.3. The topological polar surface area (TPSA) is 40.5 Å². The van der Waals surface area contributed by atoms with Crippen molar-refractivity contribution in [2.75, 3.05) is 7.11 Å². The molecule has 0 aliphatic rings. The molecule has 0 heterocycles. The largest absolute Gasteiger partial charge is 0.507 e. The summed E-state index contributed by atoms with van der Waals surface area (Å²) in [5.74, 6) is 0.350. The minimum absolute atomic E-state index is 0.350. The predicted octanol–water partition coefficient (Wildman–Crippen LogP) is 2.15. The van der Waals surface area contributed by atoms with Gasteiger partial charge >= 0.3 is 0 Å². The van der Waals surface area contributed by atoms with Crippen molar-refractivity contribution in [3.8, 4) is 5.75 Å². The van der Waals surface area contributed by atoms with E-state index < -0.39 is 0 Å². The van der Waals surface area contributed by atoms with Gasteiger partial charge in [-0.1, -0.05) is 36.4 Å². The third-order valence-electron chi connectivity index (χ3n) is 1.77. The first-order chi connectivity index (χ1) is 6.38. The van der Waals surface area contributed by atoms with Crippen LogP contribution >= 0.6 is 0 Å². The third kappa shape index (κ3) is 1.98. The number of aliphatic hydroxyl groups excluding tert-OH is 1. The normalized spacial score (nSPS) is 9.08. The van der Waals surface area contributed by atoms with Crippen LogP contribution < -0.4 is 0 Å². The fraction of sp³-hybridized carbons (Fsp3) is 0.0909. The minimum atomic E-state index is 0.350. The van der Waals surface area contributed by atoms with Crippen molar-refractivity contribution in [1.82, 2.24) is 0 Å². The van der Waals surface area contributed by atoms with E-state index in [2.05, 4.69) is 0 Å². The number of hydrogen-bond donors (Lipinski definition) is 2. The van der Waals surface area contributed by atoms with Crippen LogP contribution in [0, 0.1) is 0 Å². The summed E-state index contributed by atoms with van der Waals surface area (Å²) in [5.41, 5.74) is 0. The van der Waals surface area contributed by atoms with Crippen LogP contribution in [0.5, 0.6) is 5.75 Å². The number of phenols is 1. The highest BCUT2D eigenvalue weighted by molar-refractivity contribution is 5.87. The van der Waals surface area contributed by atoms with E-state index in [1.165, 1.54) is 0 Å².